The van der Waals surface area contributed by atoms with Crippen LogP contribution in [0.2, 0.25) is 0 Å². The second-order valence-electron chi connectivity index (χ2n) is 11.6. The van der Waals surface area contributed by atoms with Gasteiger partial charge in [0.15, 0.2) is 5.82 Å². The molecule has 2 N–H and O–H groups in total. The number of fused-ring (bicyclic) bond motifs is 1. The van der Waals surface area contributed by atoms with Gasteiger partial charge in [0, 0.05) is 49.4 Å². The smallest absolute Gasteiger partial charge is 0.368 e. The molecular formula is C32H28F8N6O3. The molecular weight excluding hydrogens is 668 g/mol. The number of anilines is 3. The molecule has 1 fully saturated rings. The molecule has 3 aromatic carbocycles. The number of nitrogens with one attached hydrogen (secondary N) is 2. The van der Waals surface area contributed by atoms with Gasteiger partial charge in [-0.3, -0.25) is 19.5 Å². The number of alkyl halides is 6. The van der Waals surface area contributed by atoms with Gasteiger partial charge in [-0.05, 0) is 73.9 Å². The van der Waals surface area contributed by atoms with Crippen LogP contribution >= 0.6 is 0 Å². The molecule has 17 heteroatoms. The van der Waals surface area contributed by atoms with E-state index in [0.29, 0.717) is 31.8 Å². The monoisotopic (exact) mass is 696 g/mol. The molecule has 0 saturated carbocycles. The summed E-state index contributed by atoms with van der Waals surface area (Å²) >= 11 is 0. The van der Waals surface area contributed by atoms with Crippen molar-refractivity contribution in [3.8, 4) is 0 Å². The average Bonchev–Trinajstić information content (AvgIpc) is 3.40. The minimum Gasteiger partial charge on any atom is -0.368 e. The molecule has 0 aliphatic carbocycles. The molecule has 0 radical (unpaired) electrons. The van der Waals surface area contributed by atoms with Crippen molar-refractivity contribution in [2.45, 2.75) is 38.7 Å². The summed E-state index contributed by atoms with van der Waals surface area (Å²) in [5.41, 5.74) is 0.831. The van der Waals surface area contributed by atoms with Crippen molar-refractivity contribution < 1.29 is 49.5 Å². The highest BCUT2D eigenvalue weighted by Crippen LogP contribution is 2.34. The Labute approximate surface area is 273 Å². The van der Waals surface area contributed by atoms with Gasteiger partial charge in [-0.15, -0.1) is 0 Å². The second-order valence-corrected chi connectivity index (χ2v) is 11.6. The second kappa shape index (κ2) is 13.4. The maximum Gasteiger partial charge on any atom is 0.471 e. The maximum atomic E-state index is 13.8. The molecule has 1 saturated heterocycles. The summed E-state index contributed by atoms with van der Waals surface area (Å²) in [4.78, 5) is 40.5. The Kier molecular flexibility index (Phi) is 9.56. The molecule has 5 rings (SSSR count). The standard InChI is InChI=1S/C32H28F8N6O3/c1-17(2)46(30(49)32(38,39)40)26-16-22(44-7-9-45(10-8-44)29(48)31(35,36)37)4-5-23(26)28(47)41-27-24-14-18(3-6-25(24)42-43-27)11-19-12-20(33)15-21(34)13-19/h3-6,12-17H,7-11H2,1-2H3,(H2,41,42,43,47). The molecule has 260 valence electrons. The zero-order chi connectivity index (χ0) is 35.8. The lowest BCUT2D eigenvalue weighted by Crippen LogP contribution is -2.52. The molecule has 1 aliphatic heterocycles. The van der Waals surface area contributed by atoms with Gasteiger partial charge in [0.1, 0.15) is 11.6 Å². The summed E-state index contributed by atoms with van der Waals surface area (Å²) in [7, 11) is 0. The molecule has 0 bridgehead atoms. The van der Waals surface area contributed by atoms with Crippen molar-refractivity contribution in [3.05, 3.63) is 82.9 Å². The number of hydrogen-bond donors (Lipinski definition) is 2. The van der Waals surface area contributed by atoms with Gasteiger partial charge >= 0.3 is 24.2 Å². The van der Waals surface area contributed by atoms with Crippen LogP contribution < -0.4 is 15.1 Å². The number of carbonyl (C=O) groups excluding carboxylic acids is 3. The first kappa shape index (κ1) is 35.1. The van der Waals surface area contributed by atoms with Crippen LogP contribution in [-0.4, -0.2) is 77.4 Å². The van der Waals surface area contributed by atoms with Crippen molar-refractivity contribution in [1.82, 2.24) is 15.1 Å². The zero-order valence-electron chi connectivity index (χ0n) is 25.8. The number of aromatic amines is 1. The summed E-state index contributed by atoms with van der Waals surface area (Å²) in [6.07, 6.45) is -10.3. The maximum absolute atomic E-state index is 13.8. The number of hydrogen-bond acceptors (Lipinski definition) is 5. The topological polar surface area (TPSA) is 102 Å². The predicted octanol–water partition coefficient (Wildman–Crippen LogP) is 6.20. The molecule has 2 heterocycles. The van der Waals surface area contributed by atoms with Crippen molar-refractivity contribution in [1.29, 1.82) is 0 Å². The van der Waals surface area contributed by atoms with E-state index in [-0.39, 0.29) is 49.7 Å². The van der Waals surface area contributed by atoms with Gasteiger partial charge in [-0.1, -0.05) is 6.07 Å². The molecule has 49 heavy (non-hydrogen) atoms. The Balaban J connectivity index is 1.47. The summed E-state index contributed by atoms with van der Waals surface area (Å²) in [6.45, 7) is 1.76. The molecule has 0 spiro atoms. The van der Waals surface area contributed by atoms with Crippen LogP contribution in [0.1, 0.15) is 35.3 Å². The number of piperazine rings is 1. The van der Waals surface area contributed by atoms with E-state index in [1.807, 2.05) is 0 Å². The summed E-state index contributed by atoms with van der Waals surface area (Å²) in [5.74, 6) is -6.74. The van der Waals surface area contributed by atoms with Crippen LogP contribution in [0.25, 0.3) is 10.9 Å². The number of aromatic nitrogens is 2. The molecule has 9 nitrogen and oxygen atoms in total. The van der Waals surface area contributed by atoms with Crippen LogP contribution in [0.5, 0.6) is 0 Å². The van der Waals surface area contributed by atoms with Crippen LogP contribution in [0.4, 0.5) is 52.3 Å². The van der Waals surface area contributed by atoms with E-state index in [1.165, 1.54) is 49.1 Å². The first-order chi connectivity index (χ1) is 22.9. The Morgan fingerprint density at radius 2 is 1.51 bits per heavy atom. The Bertz CT molecular complexity index is 1880. The fraction of sp³-hybridized carbons (Fsp3) is 0.312. The average molecular weight is 697 g/mol. The SMILES string of the molecule is CC(C)N(C(=O)C(F)(F)F)c1cc(N2CCN(C(=O)C(F)(F)F)CC2)ccc1C(=O)Nc1n[nH]c2ccc(Cc3cc(F)cc(F)c3)cc12. The minimum atomic E-state index is -5.32. The van der Waals surface area contributed by atoms with Crippen molar-refractivity contribution in [2.75, 3.05) is 41.3 Å². The quantitative estimate of drug-likeness (QED) is 0.224. The molecule has 0 atom stereocenters. The molecule has 1 aromatic heterocycles. The van der Waals surface area contributed by atoms with Gasteiger partial charge < -0.3 is 20.0 Å². The number of nitrogens with zero attached hydrogens (tertiary/aromatic N) is 4. The fourth-order valence-corrected chi connectivity index (χ4v) is 5.60. The van der Waals surface area contributed by atoms with E-state index >= 15 is 0 Å². The molecule has 4 aromatic rings. The first-order valence-corrected chi connectivity index (χ1v) is 14.8. The molecule has 1 aliphatic rings. The van der Waals surface area contributed by atoms with Gasteiger partial charge in [0.2, 0.25) is 0 Å². The third kappa shape index (κ3) is 7.76. The van der Waals surface area contributed by atoms with Crippen LogP contribution in [0.3, 0.4) is 0 Å². The largest absolute Gasteiger partial charge is 0.471 e. The van der Waals surface area contributed by atoms with Crippen molar-refractivity contribution >= 4 is 45.8 Å². The summed E-state index contributed by atoms with van der Waals surface area (Å²) in [6, 6.07) is 10.6. The van der Waals surface area contributed by atoms with Gasteiger partial charge in [-0.2, -0.15) is 31.4 Å². The minimum absolute atomic E-state index is 0.0222. The lowest BCUT2D eigenvalue weighted by Gasteiger charge is -2.37. The highest BCUT2D eigenvalue weighted by atomic mass is 19.4. The van der Waals surface area contributed by atoms with Gasteiger partial charge in [0.25, 0.3) is 5.91 Å². The number of amides is 3. The fourth-order valence-electron chi connectivity index (χ4n) is 5.60. The van der Waals surface area contributed by atoms with Crippen LogP contribution in [0, 0.1) is 11.6 Å². The van der Waals surface area contributed by atoms with E-state index in [4.69, 9.17) is 0 Å². The Hall–Kier alpha value is -5.22. The Morgan fingerprint density at radius 3 is 2.10 bits per heavy atom. The third-order valence-corrected chi connectivity index (χ3v) is 7.83. The van der Waals surface area contributed by atoms with E-state index in [2.05, 4.69) is 15.5 Å². The summed E-state index contributed by atoms with van der Waals surface area (Å²) in [5, 5.41) is 9.73. The van der Waals surface area contributed by atoms with E-state index < -0.39 is 53.4 Å². The third-order valence-electron chi connectivity index (χ3n) is 7.83. The first-order valence-electron chi connectivity index (χ1n) is 14.8. The predicted molar refractivity (Wildman–Crippen MR) is 163 cm³/mol. The number of halogens is 8. The van der Waals surface area contributed by atoms with Crippen molar-refractivity contribution in [3.63, 3.8) is 0 Å². The number of benzene rings is 3. The number of carbonyl (C=O) groups is 3. The van der Waals surface area contributed by atoms with Gasteiger partial charge in [0.05, 0.1) is 16.8 Å². The summed E-state index contributed by atoms with van der Waals surface area (Å²) < 4.78 is 108. The van der Waals surface area contributed by atoms with E-state index in [9.17, 15) is 49.5 Å². The lowest BCUT2D eigenvalue weighted by atomic mass is 10.0. The zero-order valence-corrected chi connectivity index (χ0v) is 25.8. The Morgan fingerprint density at radius 1 is 0.857 bits per heavy atom. The number of H-pyrrole nitrogens is 1. The lowest BCUT2D eigenvalue weighted by molar-refractivity contribution is -0.185. The molecule has 3 amide bonds. The van der Waals surface area contributed by atoms with Gasteiger partial charge in [-0.25, -0.2) is 8.78 Å². The van der Waals surface area contributed by atoms with Crippen LogP contribution in [0.15, 0.2) is 54.6 Å². The van der Waals surface area contributed by atoms with Crippen LogP contribution in [-0.2, 0) is 16.0 Å². The van der Waals surface area contributed by atoms with Crippen molar-refractivity contribution in [2.24, 2.45) is 0 Å². The molecule has 0 unspecified atom stereocenters. The van der Waals surface area contributed by atoms with E-state index in [0.717, 1.165) is 6.07 Å². The normalized spacial score (nSPS) is 14.0. The highest BCUT2D eigenvalue weighted by molar-refractivity contribution is 6.13. The highest BCUT2D eigenvalue weighted by Gasteiger charge is 2.45. The van der Waals surface area contributed by atoms with E-state index in [1.54, 1.807) is 18.2 Å². The number of rotatable bonds is 7.